The molecule has 0 aliphatic rings. The summed E-state index contributed by atoms with van der Waals surface area (Å²) in [6.45, 7) is 7.48. The highest BCUT2D eigenvalue weighted by Crippen LogP contribution is 2.31. The zero-order valence-electron chi connectivity index (χ0n) is 14.2. The number of nitrogens with one attached hydrogen (secondary N) is 1. The molecule has 4 nitrogen and oxygen atoms in total. The third-order valence-corrected chi connectivity index (χ3v) is 4.89. The summed E-state index contributed by atoms with van der Waals surface area (Å²) < 4.78 is 1.89. The molecular weight excluding hydrogens is 318 g/mol. The molecule has 0 bridgehead atoms. The van der Waals surface area contributed by atoms with Gasteiger partial charge in [0.05, 0.1) is 5.69 Å². The summed E-state index contributed by atoms with van der Waals surface area (Å²) in [7, 11) is 0. The van der Waals surface area contributed by atoms with Gasteiger partial charge in [0.15, 0.2) is 5.69 Å². The number of hydrogen-bond acceptors (Lipinski definition) is 3. The Labute approximate surface area is 146 Å². The Hall–Kier alpha value is -2.40. The standard InChI is InChI=1S/C19H21N3OS/c1-4-22-18(16-10-13(2)24-14(16)3)11-17(21-22)19(23)20-12-15-8-6-5-7-9-15/h5-11H,4,12H2,1-3H3,(H,20,23). The molecule has 24 heavy (non-hydrogen) atoms. The van der Waals surface area contributed by atoms with Gasteiger partial charge in [0, 0.05) is 28.4 Å². The number of carbonyl (C=O) groups is 1. The van der Waals surface area contributed by atoms with E-state index in [1.54, 1.807) is 11.3 Å². The monoisotopic (exact) mass is 339 g/mol. The summed E-state index contributed by atoms with van der Waals surface area (Å²) in [4.78, 5) is 15.0. The first kappa shape index (κ1) is 16.5. The van der Waals surface area contributed by atoms with Crippen LogP contribution in [0.4, 0.5) is 0 Å². The van der Waals surface area contributed by atoms with Gasteiger partial charge in [0.25, 0.3) is 5.91 Å². The zero-order chi connectivity index (χ0) is 17.1. The highest BCUT2D eigenvalue weighted by molar-refractivity contribution is 7.12. The predicted molar refractivity (Wildman–Crippen MR) is 98.3 cm³/mol. The number of thiophene rings is 1. The van der Waals surface area contributed by atoms with E-state index in [0.29, 0.717) is 12.2 Å². The van der Waals surface area contributed by atoms with Gasteiger partial charge in [-0.3, -0.25) is 9.48 Å². The van der Waals surface area contributed by atoms with Gasteiger partial charge in [0.1, 0.15) is 0 Å². The van der Waals surface area contributed by atoms with Crippen LogP contribution in [0.1, 0.15) is 32.7 Å². The second kappa shape index (κ2) is 7.01. The maximum Gasteiger partial charge on any atom is 0.272 e. The number of aromatic nitrogens is 2. The number of carbonyl (C=O) groups excluding carboxylic acids is 1. The minimum atomic E-state index is -0.142. The van der Waals surface area contributed by atoms with Gasteiger partial charge in [-0.15, -0.1) is 11.3 Å². The Bertz CT molecular complexity index is 849. The van der Waals surface area contributed by atoms with Crippen molar-refractivity contribution in [3.05, 3.63) is 63.5 Å². The van der Waals surface area contributed by atoms with Crippen LogP contribution in [0, 0.1) is 13.8 Å². The molecule has 0 fully saturated rings. The van der Waals surface area contributed by atoms with Crippen molar-refractivity contribution in [3.8, 4) is 11.3 Å². The lowest BCUT2D eigenvalue weighted by Crippen LogP contribution is -2.23. The van der Waals surface area contributed by atoms with Crippen molar-refractivity contribution in [3.63, 3.8) is 0 Å². The largest absolute Gasteiger partial charge is 0.347 e. The van der Waals surface area contributed by atoms with Gasteiger partial charge in [-0.05, 0) is 38.5 Å². The van der Waals surface area contributed by atoms with Crippen LogP contribution < -0.4 is 5.32 Å². The van der Waals surface area contributed by atoms with Gasteiger partial charge in [-0.2, -0.15) is 5.10 Å². The Kier molecular flexibility index (Phi) is 4.81. The van der Waals surface area contributed by atoms with E-state index in [1.165, 1.54) is 9.75 Å². The molecule has 0 radical (unpaired) electrons. The van der Waals surface area contributed by atoms with E-state index in [9.17, 15) is 4.79 Å². The van der Waals surface area contributed by atoms with Gasteiger partial charge in [-0.25, -0.2) is 0 Å². The molecule has 0 saturated carbocycles. The molecule has 0 saturated heterocycles. The predicted octanol–water partition coefficient (Wildman–Crippen LogP) is 4.18. The molecular formula is C19H21N3OS. The van der Waals surface area contributed by atoms with E-state index in [-0.39, 0.29) is 5.91 Å². The van der Waals surface area contributed by atoms with Crippen LogP contribution in [0.5, 0.6) is 0 Å². The van der Waals surface area contributed by atoms with Crippen LogP contribution in [0.25, 0.3) is 11.3 Å². The van der Waals surface area contributed by atoms with E-state index < -0.39 is 0 Å². The van der Waals surface area contributed by atoms with Crippen molar-refractivity contribution in [2.45, 2.75) is 33.9 Å². The molecule has 124 valence electrons. The number of aryl methyl sites for hydroxylation is 3. The van der Waals surface area contributed by atoms with E-state index >= 15 is 0 Å². The van der Waals surface area contributed by atoms with Crippen LogP contribution in [-0.4, -0.2) is 15.7 Å². The van der Waals surface area contributed by atoms with Gasteiger partial charge >= 0.3 is 0 Å². The Morgan fingerprint density at radius 3 is 2.58 bits per heavy atom. The highest BCUT2D eigenvalue weighted by atomic mass is 32.1. The molecule has 0 unspecified atom stereocenters. The van der Waals surface area contributed by atoms with Crippen molar-refractivity contribution >= 4 is 17.2 Å². The summed E-state index contributed by atoms with van der Waals surface area (Å²) in [5.41, 5.74) is 3.70. The fourth-order valence-corrected chi connectivity index (χ4v) is 3.67. The second-order valence-electron chi connectivity index (χ2n) is 5.73. The van der Waals surface area contributed by atoms with Gasteiger partial charge in [0.2, 0.25) is 0 Å². The molecule has 1 aromatic carbocycles. The fourth-order valence-electron chi connectivity index (χ4n) is 2.74. The fraction of sp³-hybridized carbons (Fsp3) is 0.263. The van der Waals surface area contributed by atoms with E-state index in [2.05, 4.69) is 30.3 Å². The first-order chi connectivity index (χ1) is 11.6. The lowest BCUT2D eigenvalue weighted by Gasteiger charge is -2.03. The lowest BCUT2D eigenvalue weighted by molar-refractivity contribution is 0.0945. The van der Waals surface area contributed by atoms with Crippen LogP contribution in [-0.2, 0) is 13.1 Å². The molecule has 2 heterocycles. The summed E-state index contributed by atoms with van der Waals surface area (Å²) in [6, 6.07) is 13.9. The Balaban J connectivity index is 1.81. The molecule has 1 amide bonds. The van der Waals surface area contributed by atoms with E-state index in [1.807, 2.05) is 48.0 Å². The minimum absolute atomic E-state index is 0.142. The first-order valence-corrected chi connectivity index (χ1v) is 8.87. The molecule has 0 spiro atoms. The summed E-state index contributed by atoms with van der Waals surface area (Å²) in [6.07, 6.45) is 0. The molecule has 1 N–H and O–H groups in total. The molecule has 0 aliphatic carbocycles. The van der Waals surface area contributed by atoms with E-state index in [0.717, 1.165) is 23.4 Å². The highest BCUT2D eigenvalue weighted by Gasteiger charge is 2.17. The number of nitrogens with zero attached hydrogens (tertiary/aromatic N) is 2. The maximum atomic E-state index is 12.4. The Morgan fingerprint density at radius 2 is 1.96 bits per heavy atom. The first-order valence-electron chi connectivity index (χ1n) is 8.06. The van der Waals surface area contributed by atoms with Gasteiger partial charge in [-0.1, -0.05) is 30.3 Å². The second-order valence-corrected chi connectivity index (χ2v) is 7.19. The van der Waals surface area contributed by atoms with Gasteiger partial charge < -0.3 is 5.32 Å². The third kappa shape index (κ3) is 3.41. The molecule has 3 aromatic rings. The van der Waals surface area contributed by atoms with Crippen molar-refractivity contribution < 1.29 is 4.79 Å². The molecule has 5 heteroatoms. The Morgan fingerprint density at radius 1 is 1.21 bits per heavy atom. The summed E-state index contributed by atoms with van der Waals surface area (Å²) in [5, 5.41) is 7.42. The van der Waals surface area contributed by atoms with Crippen molar-refractivity contribution in [1.82, 2.24) is 15.1 Å². The number of hydrogen-bond donors (Lipinski definition) is 1. The third-order valence-electron chi connectivity index (χ3n) is 3.92. The number of benzene rings is 1. The van der Waals surface area contributed by atoms with Crippen LogP contribution in [0.15, 0.2) is 42.5 Å². The van der Waals surface area contributed by atoms with Crippen LogP contribution in [0.3, 0.4) is 0 Å². The molecule has 2 aromatic heterocycles. The minimum Gasteiger partial charge on any atom is -0.347 e. The average molecular weight is 339 g/mol. The summed E-state index contributed by atoms with van der Waals surface area (Å²) in [5.74, 6) is -0.142. The average Bonchev–Trinajstić information content (AvgIpc) is 3.16. The van der Waals surface area contributed by atoms with E-state index in [4.69, 9.17) is 0 Å². The quantitative estimate of drug-likeness (QED) is 0.758. The SMILES string of the molecule is CCn1nc(C(=O)NCc2ccccc2)cc1-c1cc(C)sc1C. The van der Waals surface area contributed by atoms with Crippen molar-refractivity contribution in [2.24, 2.45) is 0 Å². The zero-order valence-corrected chi connectivity index (χ0v) is 15.0. The van der Waals surface area contributed by atoms with Crippen molar-refractivity contribution in [2.75, 3.05) is 0 Å². The van der Waals surface area contributed by atoms with Crippen LogP contribution in [0.2, 0.25) is 0 Å². The topological polar surface area (TPSA) is 46.9 Å². The summed E-state index contributed by atoms with van der Waals surface area (Å²) >= 11 is 1.77. The normalized spacial score (nSPS) is 10.8. The van der Waals surface area contributed by atoms with Crippen LogP contribution >= 0.6 is 11.3 Å². The number of amides is 1. The lowest BCUT2D eigenvalue weighted by atomic mass is 10.1. The molecule has 0 atom stereocenters. The van der Waals surface area contributed by atoms with Crippen molar-refractivity contribution in [1.29, 1.82) is 0 Å². The number of rotatable bonds is 5. The molecule has 0 aliphatic heterocycles. The smallest absolute Gasteiger partial charge is 0.272 e. The maximum absolute atomic E-state index is 12.4. The molecule has 3 rings (SSSR count).